The predicted octanol–water partition coefficient (Wildman–Crippen LogP) is 5.60. The average Bonchev–Trinajstić information content (AvgIpc) is 3.80. The molecule has 0 aliphatic carbocycles. The normalized spacial score (nSPS) is 19.2. The van der Waals surface area contributed by atoms with Crippen LogP contribution in [0.25, 0.3) is 11.1 Å². The maximum Gasteiger partial charge on any atom is 0.264 e. The number of amides is 4. The molecule has 4 aromatic rings. The van der Waals surface area contributed by atoms with E-state index in [1.54, 1.807) is 24.4 Å². The molecule has 3 saturated heterocycles. The van der Waals surface area contributed by atoms with Crippen LogP contribution >= 0.6 is 23.2 Å². The van der Waals surface area contributed by atoms with Gasteiger partial charge in [-0.05, 0) is 81.1 Å². The van der Waals surface area contributed by atoms with Gasteiger partial charge in [-0.25, -0.2) is 9.37 Å². The summed E-state index contributed by atoms with van der Waals surface area (Å²) >= 11 is 12.3. The Morgan fingerprint density at radius 2 is 1.71 bits per heavy atom. The van der Waals surface area contributed by atoms with Crippen LogP contribution in [0, 0.1) is 5.82 Å². The Hall–Kier alpha value is -5.09. The van der Waals surface area contributed by atoms with Gasteiger partial charge < -0.3 is 20.7 Å². The number of nitrogens with one attached hydrogen (secondary N) is 2. The Labute approximate surface area is 351 Å². The van der Waals surface area contributed by atoms with Gasteiger partial charge in [-0.2, -0.15) is 5.10 Å². The van der Waals surface area contributed by atoms with Crippen LogP contribution in [0.15, 0.2) is 55.0 Å². The van der Waals surface area contributed by atoms with Crippen LogP contribution in [0.2, 0.25) is 10.0 Å². The maximum absolute atomic E-state index is 13.9. The minimum atomic E-state index is -0.983. The molecule has 0 radical (unpaired) electrons. The number of anilines is 2. The number of hydrogen-bond acceptors (Lipinski definition) is 11. The fraction of sp³-hybridized carbons (Fsp3) is 0.429. The first-order chi connectivity index (χ1) is 28.5. The molecule has 1 atom stereocenters. The number of hydrogen-bond donors (Lipinski definition) is 3. The molecule has 0 saturated carbocycles. The third kappa shape index (κ3) is 8.79. The minimum Gasteiger partial charge on any atom is -0.489 e. The molecule has 4 aliphatic rings. The van der Waals surface area contributed by atoms with E-state index in [0.717, 1.165) is 87.4 Å². The summed E-state index contributed by atoms with van der Waals surface area (Å²) in [5, 5.41) is 10.7. The third-order valence-electron chi connectivity index (χ3n) is 11.7. The van der Waals surface area contributed by atoms with Crippen LogP contribution in [0.3, 0.4) is 0 Å². The number of aromatic nitrogens is 3. The number of unbranched alkanes of at least 4 members (excludes halogenated alkanes) is 2. The molecule has 3 fully saturated rings. The lowest BCUT2D eigenvalue weighted by Crippen LogP contribution is -2.55. The van der Waals surface area contributed by atoms with E-state index in [2.05, 4.69) is 30.5 Å². The summed E-state index contributed by atoms with van der Waals surface area (Å²) < 4.78 is 21.9. The summed E-state index contributed by atoms with van der Waals surface area (Å²) in [7, 11) is 0. The molecule has 17 heteroatoms. The van der Waals surface area contributed by atoms with Crippen molar-refractivity contribution in [2.24, 2.45) is 0 Å². The number of ether oxygens (including phenoxy) is 1. The van der Waals surface area contributed by atoms with Crippen molar-refractivity contribution in [3.05, 3.63) is 87.5 Å². The summed E-state index contributed by atoms with van der Waals surface area (Å²) in [4.78, 5) is 60.9. The number of benzene rings is 2. The van der Waals surface area contributed by atoms with Crippen molar-refractivity contribution < 1.29 is 28.3 Å². The van der Waals surface area contributed by atoms with E-state index in [9.17, 15) is 23.6 Å². The molecule has 0 unspecified atom stereocenters. The minimum absolute atomic E-state index is 0.0111. The first-order valence-corrected chi connectivity index (χ1v) is 20.9. The molecule has 2 aromatic heterocycles. The molecule has 4 aliphatic heterocycles. The van der Waals surface area contributed by atoms with Crippen molar-refractivity contribution in [2.45, 2.75) is 69.5 Å². The van der Waals surface area contributed by atoms with Crippen molar-refractivity contribution in [1.29, 1.82) is 0 Å². The second kappa shape index (κ2) is 17.6. The first kappa shape index (κ1) is 40.7. The van der Waals surface area contributed by atoms with Gasteiger partial charge in [-0.3, -0.25) is 39.0 Å². The zero-order valence-electron chi connectivity index (χ0n) is 32.5. The zero-order chi connectivity index (χ0) is 41.2. The van der Waals surface area contributed by atoms with E-state index in [4.69, 9.17) is 33.7 Å². The van der Waals surface area contributed by atoms with E-state index in [1.807, 2.05) is 23.1 Å². The standard InChI is InChI=1S/C42H46Cl2FN9O5/c43-31-7-8-32(45)38(44)29(31)13-18-59-35-19-25(20-47-39(35)46)26-21-48-53(22-26)28-11-16-51(17-12-28)14-2-1-3-15-52-23-27(24-52)49-33-6-4-5-30-37(33)42(58)54(41(30)57)34-9-10-36(55)50-40(34)56/h4-8,19-22,27-28,34,49H,1-3,9-18,23-24H2,(H2,46,47)(H,50,55,56)/t34-/m1/s1. The average molecular weight is 847 g/mol. The van der Waals surface area contributed by atoms with Gasteiger partial charge in [0.15, 0.2) is 11.6 Å². The SMILES string of the molecule is Nc1ncc(-c2cnn(C3CCN(CCCCCN4CC(Nc5cccc6c5C(=O)N([C@@H]5CCC(=O)NC5=O)C6=O)C4)CC3)c2)cc1OCCc1c(Cl)ccc(F)c1Cl. The van der Waals surface area contributed by atoms with Crippen LogP contribution < -0.4 is 21.1 Å². The number of rotatable bonds is 15. The smallest absolute Gasteiger partial charge is 0.264 e. The van der Waals surface area contributed by atoms with Gasteiger partial charge in [-0.15, -0.1) is 0 Å². The van der Waals surface area contributed by atoms with Crippen LogP contribution in [-0.4, -0.2) is 111 Å². The zero-order valence-corrected chi connectivity index (χ0v) is 34.0. The lowest BCUT2D eigenvalue weighted by molar-refractivity contribution is -0.136. The fourth-order valence-electron chi connectivity index (χ4n) is 8.43. The highest BCUT2D eigenvalue weighted by atomic mass is 35.5. The molecule has 14 nitrogen and oxygen atoms in total. The Kier molecular flexibility index (Phi) is 12.2. The fourth-order valence-corrected chi connectivity index (χ4v) is 8.99. The van der Waals surface area contributed by atoms with Gasteiger partial charge in [0.1, 0.15) is 11.9 Å². The van der Waals surface area contributed by atoms with E-state index in [0.29, 0.717) is 40.0 Å². The Balaban J connectivity index is 0.728. The number of carbonyl (C=O) groups excluding carboxylic acids is 4. The van der Waals surface area contributed by atoms with Crippen molar-refractivity contribution in [1.82, 2.24) is 34.8 Å². The van der Waals surface area contributed by atoms with E-state index < -0.39 is 35.5 Å². The molecule has 59 heavy (non-hydrogen) atoms. The van der Waals surface area contributed by atoms with Crippen LogP contribution in [0.1, 0.15) is 77.3 Å². The quantitative estimate of drug-likeness (QED) is 0.0775. The topological polar surface area (TPSA) is 168 Å². The van der Waals surface area contributed by atoms with Crippen LogP contribution in [0.5, 0.6) is 5.75 Å². The number of carbonyl (C=O) groups is 4. The third-order valence-corrected chi connectivity index (χ3v) is 12.5. The molecular weight excluding hydrogens is 800 g/mol. The molecule has 2 aromatic carbocycles. The maximum atomic E-state index is 13.9. The van der Waals surface area contributed by atoms with Crippen LogP contribution in [-0.2, 0) is 16.0 Å². The second-order valence-electron chi connectivity index (χ2n) is 15.6. The van der Waals surface area contributed by atoms with E-state index in [-0.39, 0.29) is 41.9 Å². The number of fused-ring (bicyclic) bond motifs is 1. The lowest BCUT2D eigenvalue weighted by Gasteiger charge is -2.40. The highest BCUT2D eigenvalue weighted by Crippen LogP contribution is 2.34. The molecule has 0 spiro atoms. The molecule has 4 amide bonds. The highest BCUT2D eigenvalue weighted by Gasteiger charge is 2.46. The largest absolute Gasteiger partial charge is 0.489 e. The van der Waals surface area contributed by atoms with Gasteiger partial charge in [0.2, 0.25) is 11.8 Å². The summed E-state index contributed by atoms with van der Waals surface area (Å²) in [5.41, 5.74) is 9.51. The lowest BCUT2D eigenvalue weighted by atomic mass is 10.0. The molecular formula is C42H46Cl2FN9O5. The summed E-state index contributed by atoms with van der Waals surface area (Å²) in [5.74, 6) is -1.86. The Morgan fingerprint density at radius 1 is 0.932 bits per heavy atom. The summed E-state index contributed by atoms with van der Waals surface area (Å²) in [6.07, 6.45) is 11.5. The Morgan fingerprint density at radius 3 is 2.49 bits per heavy atom. The molecule has 8 rings (SSSR count). The number of nitrogens with two attached hydrogens (primary N) is 1. The number of halogens is 3. The second-order valence-corrected chi connectivity index (χ2v) is 16.4. The predicted molar refractivity (Wildman–Crippen MR) is 221 cm³/mol. The molecule has 310 valence electrons. The number of nitrogens with zero attached hydrogens (tertiary/aromatic N) is 6. The van der Waals surface area contributed by atoms with Gasteiger partial charge in [0.25, 0.3) is 11.8 Å². The van der Waals surface area contributed by atoms with Gasteiger partial charge in [-0.1, -0.05) is 35.7 Å². The number of pyridine rings is 1. The van der Waals surface area contributed by atoms with Crippen molar-refractivity contribution in [3.8, 4) is 16.9 Å². The highest BCUT2D eigenvalue weighted by molar-refractivity contribution is 6.36. The monoisotopic (exact) mass is 845 g/mol. The van der Waals surface area contributed by atoms with E-state index >= 15 is 0 Å². The van der Waals surface area contributed by atoms with Crippen molar-refractivity contribution in [3.63, 3.8) is 0 Å². The van der Waals surface area contributed by atoms with Gasteiger partial charge >= 0.3 is 0 Å². The van der Waals surface area contributed by atoms with Gasteiger partial charge in [0.05, 0.1) is 41.0 Å². The number of piperidine rings is 2. The first-order valence-electron chi connectivity index (χ1n) is 20.1. The summed E-state index contributed by atoms with van der Waals surface area (Å²) in [6.45, 7) is 5.99. The summed E-state index contributed by atoms with van der Waals surface area (Å²) in [6, 6.07) is 9.19. The van der Waals surface area contributed by atoms with E-state index in [1.165, 1.54) is 12.1 Å². The van der Waals surface area contributed by atoms with Gasteiger partial charge in [0, 0.05) is 73.3 Å². The van der Waals surface area contributed by atoms with Crippen LogP contribution in [0.4, 0.5) is 15.9 Å². The molecule has 0 bridgehead atoms. The molecule has 4 N–H and O–H groups in total. The Bertz CT molecular complexity index is 2260. The van der Waals surface area contributed by atoms with Crippen molar-refractivity contribution >= 4 is 58.3 Å². The number of nitrogen functional groups attached to an aromatic ring is 1. The van der Waals surface area contributed by atoms with Crippen molar-refractivity contribution in [2.75, 3.05) is 56.9 Å². The number of imide groups is 2. The molecule has 6 heterocycles. The number of likely N-dealkylation sites (tertiary alicyclic amines) is 2.